The fraction of sp³-hybridized carbons (Fsp3) is 0.667. The maximum atomic E-state index is 3.63. The molecular weight excluding hydrogens is 109 g/mol. The largest absolute Gasteiger partial charge is 1.00 e. The van der Waals surface area contributed by atoms with E-state index in [9.17, 15) is 0 Å². The van der Waals surface area contributed by atoms with Crippen LogP contribution in [-0.2, 0) is 0 Å². The standard InChI is InChI=1S/C6H14N.Na/c1-5-6-7(2,3)4;/h5H,1,6H2,2-4H3;/q2*+1. The van der Waals surface area contributed by atoms with Crippen molar-refractivity contribution in [1.82, 2.24) is 0 Å². The molecule has 0 aromatic rings. The maximum Gasteiger partial charge on any atom is 1.00 e. The van der Waals surface area contributed by atoms with E-state index < -0.39 is 0 Å². The van der Waals surface area contributed by atoms with Gasteiger partial charge >= 0.3 is 29.6 Å². The zero-order chi connectivity index (χ0) is 5.91. The Morgan fingerprint density at radius 3 is 1.75 bits per heavy atom. The number of nitrogens with zero attached hydrogens (tertiary/aromatic N) is 1. The van der Waals surface area contributed by atoms with Crippen molar-refractivity contribution in [2.45, 2.75) is 0 Å². The van der Waals surface area contributed by atoms with Crippen molar-refractivity contribution >= 4 is 0 Å². The summed E-state index contributed by atoms with van der Waals surface area (Å²) in [5.74, 6) is 0. The number of quaternary nitrogens is 1. The summed E-state index contributed by atoms with van der Waals surface area (Å²) < 4.78 is 0.976. The number of hydrogen-bond donors (Lipinski definition) is 0. The van der Waals surface area contributed by atoms with Crippen LogP contribution >= 0.6 is 0 Å². The van der Waals surface area contributed by atoms with Crippen LogP contribution in [0.3, 0.4) is 0 Å². The molecule has 0 saturated heterocycles. The third kappa shape index (κ3) is 9.85. The van der Waals surface area contributed by atoms with Gasteiger partial charge in [-0.25, -0.2) is 0 Å². The summed E-state index contributed by atoms with van der Waals surface area (Å²) in [6, 6.07) is 0. The second kappa shape index (κ2) is 4.57. The van der Waals surface area contributed by atoms with Crippen LogP contribution in [0.5, 0.6) is 0 Å². The van der Waals surface area contributed by atoms with E-state index in [0.29, 0.717) is 0 Å². The zero-order valence-electron chi connectivity index (χ0n) is 6.44. The first-order valence-corrected chi connectivity index (χ1v) is 2.47. The zero-order valence-corrected chi connectivity index (χ0v) is 8.44. The molecule has 0 heterocycles. The smallest absolute Gasteiger partial charge is 0.328 e. The topological polar surface area (TPSA) is 0 Å². The number of rotatable bonds is 2. The predicted molar refractivity (Wildman–Crippen MR) is 33.1 cm³/mol. The normalized spacial score (nSPS) is 9.88. The van der Waals surface area contributed by atoms with Crippen molar-refractivity contribution < 1.29 is 34.0 Å². The SMILES string of the molecule is C=CC[N+](C)(C)C.[Na+]. The molecule has 0 bridgehead atoms. The van der Waals surface area contributed by atoms with Crippen LogP contribution < -0.4 is 29.6 Å². The molecule has 1 nitrogen and oxygen atoms in total. The number of hydrogen-bond acceptors (Lipinski definition) is 0. The molecule has 0 rings (SSSR count). The molecule has 0 radical (unpaired) electrons. The molecule has 0 aliphatic rings. The van der Waals surface area contributed by atoms with E-state index in [4.69, 9.17) is 0 Å². The molecule has 0 aliphatic heterocycles. The molecule has 42 valence electrons. The van der Waals surface area contributed by atoms with Gasteiger partial charge in [-0.3, -0.25) is 0 Å². The Hall–Kier alpha value is 0.700. The van der Waals surface area contributed by atoms with Crippen molar-refractivity contribution in [2.75, 3.05) is 27.7 Å². The molecular formula is C6H14NNa+2. The van der Waals surface area contributed by atoms with Gasteiger partial charge in [0.2, 0.25) is 0 Å². The Bertz CT molecular complexity index is 63.4. The van der Waals surface area contributed by atoms with Crippen LogP contribution in [0.25, 0.3) is 0 Å². The average molecular weight is 123 g/mol. The molecule has 0 saturated carbocycles. The molecule has 0 spiro atoms. The minimum absolute atomic E-state index is 0. The Balaban J connectivity index is 0. The van der Waals surface area contributed by atoms with Crippen molar-refractivity contribution in [2.24, 2.45) is 0 Å². The summed E-state index contributed by atoms with van der Waals surface area (Å²) >= 11 is 0. The molecule has 0 unspecified atom stereocenters. The van der Waals surface area contributed by atoms with E-state index in [-0.39, 0.29) is 29.6 Å². The first-order valence-electron chi connectivity index (χ1n) is 2.47. The monoisotopic (exact) mass is 123 g/mol. The fourth-order valence-corrected chi connectivity index (χ4v) is 0.387. The van der Waals surface area contributed by atoms with Crippen LogP contribution in [0, 0.1) is 0 Å². The molecule has 0 atom stereocenters. The van der Waals surface area contributed by atoms with Crippen LogP contribution in [0.2, 0.25) is 0 Å². The van der Waals surface area contributed by atoms with Gasteiger partial charge in [-0.05, 0) is 6.08 Å². The van der Waals surface area contributed by atoms with Crippen molar-refractivity contribution in [3.63, 3.8) is 0 Å². The quantitative estimate of drug-likeness (QED) is 0.224. The summed E-state index contributed by atoms with van der Waals surface area (Å²) in [4.78, 5) is 0. The van der Waals surface area contributed by atoms with E-state index in [2.05, 4.69) is 27.7 Å². The third-order valence-electron chi connectivity index (χ3n) is 0.677. The third-order valence-corrected chi connectivity index (χ3v) is 0.677. The van der Waals surface area contributed by atoms with Crippen molar-refractivity contribution in [3.05, 3.63) is 12.7 Å². The molecule has 0 aliphatic carbocycles. The van der Waals surface area contributed by atoms with Gasteiger partial charge in [0.15, 0.2) is 0 Å². The predicted octanol–water partition coefficient (Wildman–Crippen LogP) is -2.12. The van der Waals surface area contributed by atoms with Gasteiger partial charge in [0.25, 0.3) is 0 Å². The Morgan fingerprint density at radius 1 is 1.38 bits per heavy atom. The second-order valence-corrected chi connectivity index (χ2v) is 2.76. The maximum absolute atomic E-state index is 3.63. The van der Waals surface area contributed by atoms with Crippen molar-refractivity contribution in [3.8, 4) is 0 Å². The Morgan fingerprint density at radius 2 is 1.75 bits per heavy atom. The minimum Gasteiger partial charge on any atom is -0.328 e. The molecule has 8 heavy (non-hydrogen) atoms. The molecule has 0 aromatic carbocycles. The molecule has 0 N–H and O–H groups in total. The first-order chi connectivity index (χ1) is 3.06. The van der Waals surface area contributed by atoms with Crippen LogP contribution in [0.1, 0.15) is 0 Å². The van der Waals surface area contributed by atoms with Crippen LogP contribution in [0.15, 0.2) is 12.7 Å². The van der Waals surface area contributed by atoms with Gasteiger partial charge in [0, 0.05) is 0 Å². The molecule has 2 heteroatoms. The summed E-state index contributed by atoms with van der Waals surface area (Å²) in [6.07, 6.45) is 1.93. The Labute approximate surface area is 74.3 Å². The Kier molecular flexibility index (Phi) is 6.56. The van der Waals surface area contributed by atoms with Gasteiger partial charge in [-0.2, -0.15) is 0 Å². The van der Waals surface area contributed by atoms with Gasteiger partial charge in [0.1, 0.15) is 0 Å². The van der Waals surface area contributed by atoms with E-state index in [1.165, 1.54) is 0 Å². The van der Waals surface area contributed by atoms with E-state index in [1.54, 1.807) is 0 Å². The average Bonchev–Trinajstić information content (AvgIpc) is 1.30. The first kappa shape index (κ1) is 11.5. The second-order valence-electron chi connectivity index (χ2n) is 2.76. The van der Waals surface area contributed by atoms with Crippen LogP contribution in [-0.4, -0.2) is 32.2 Å². The summed E-state index contributed by atoms with van der Waals surface area (Å²) in [6.45, 7) is 4.67. The van der Waals surface area contributed by atoms with Gasteiger partial charge in [0.05, 0.1) is 27.7 Å². The van der Waals surface area contributed by atoms with Crippen molar-refractivity contribution in [1.29, 1.82) is 0 Å². The summed E-state index contributed by atoms with van der Waals surface area (Å²) in [5, 5.41) is 0. The molecule has 0 fully saturated rings. The van der Waals surface area contributed by atoms with Gasteiger partial charge < -0.3 is 4.48 Å². The van der Waals surface area contributed by atoms with E-state index in [1.807, 2.05) is 6.08 Å². The van der Waals surface area contributed by atoms with Crippen LogP contribution in [0.4, 0.5) is 0 Å². The summed E-state index contributed by atoms with van der Waals surface area (Å²) in [7, 11) is 6.42. The number of likely N-dealkylation sites (N-methyl/N-ethyl adjacent to an activating group) is 1. The fourth-order valence-electron chi connectivity index (χ4n) is 0.387. The minimum atomic E-state index is 0. The molecule has 0 amide bonds. The van der Waals surface area contributed by atoms with E-state index >= 15 is 0 Å². The molecule has 0 aromatic heterocycles. The van der Waals surface area contributed by atoms with Gasteiger partial charge in [-0.1, -0.05) is 6.58 Å². The van der Waals surface area contributed by atoms with Gasteiger partial charge in [-0.15, -0.1) is 0 Å². The van der Waals surface area contributed by atoms with E-state index in [0.717, 1.165) is 11.0 Å². The summed E-state index contributed by atoms with van der Waals surface area (Å²) in [5.41, 5.74) is 0.